The average Bonchev–Trinajstić information content (AvgIpc) is 2.57. The number of hydrogen-bond donors (Lipinski definition) is 2. The highest BCUT2D eigenvalue weighted by molar-refractivity contribution is 6.31. The highest BCUT2D eigenvalue weighted by atomic mass is 35.5. The quantitative estimate of drug-likeness (QED) is 0.341. The molecule has 0 saturated heterocycles. The maximum Gasteiger partial charge on any atom is 0.417 e. The van der Waals surface area contributed by atoms with E-state index in [9.17, 15) is 22.4 Å². The first kappa shape index (κ1) is 20.1. The van der Waals surface area contributed by atoms with Gasteiger partial charge in [0.1, 0.15) is 0 Å². The number of nitrogens with one attached hydrogen (secondary N) is 1. The van der Waals surface area contributed by atoms with Crippen LogP contribution in [0.5, 0.6) is 0 Å². The Kier molecular flexibility index (Phi) is 6.54. The molecular weight excluding hydrogens is 380 g/mol. The van der Waals surface area contributed by atoms with Crippen LogP contribution in [0.1, 0.15) is 21.5 Å². The number of rotatable bonds is 6. The molecule has 1 atom stereocenters. The Morgan fingerprint density at radius 3 is 2.42 bits per heavy atom. The molecule has 0 unspecified atom stereocenters. The maximum absolute atomic E-state index is 14.1. The first-order valence-corrected chi connectivity index (χ1v) is 7.54. The topological polar surface area (TPSA) is 73.6 Å². The van der Waals surface area contributed by atoms with Gasteiger partial charge in [-0.3, -0.25) is 4.79 Å². The van der Waals surface area contributed by atoms with Gasteiger partial charge in [-0.1, -0.05) is 41.9 Å². The minimum absolute atomic E-state index is 0.00726. The molecule has 0 aliphatic heterocycles. The van der Waals surface area contributed by atoms with E-state index in [0.29, 0.717) is 11.6 Å². The van der Waals surface area contributed by atoms with Crippen LogP contribution >= 0.6 is 11.6 Å². The summed E-state index contributed by atoms with van der Waals surface area (Å²) >= 11 is 5.51. The number of alkyl halides is 3. The zero-order chi connectivity index (χ0) is 19.3. The summed E-state index contributed by atoms with van der Waals surface area (Å²) in [5, 5.41) is 1.47. The van der Waals surface area contributed by atoms with Crippen molar-refractivity contribution in [1.82, 2.24) is 5.32 Å². The smallest absolute Gasteiger partial charge is 0.324 e. The second-order valence-corrected chi connectivity index (χ2v) is 5.53. The molecule has 26 heavy (non-hydrogen) atoms. The van der Waals surface area contributed by atoms with Gasteiger partial charge in [0.2, 0.25) is 0 Å². The van der Waals surface area contributed by atoms with Crippen molar-refractivity contribution in [3.63, 3.8) is 0 Å². The Balaban J connectivity index is 2.30. The highest BCUT2D eigenvalue weighted by Crippen LogP contribution is 2.35. The molecule has 3 N–H and O–H groups in total. The summed E-state index contributed by atoms with van der Waals surface area (Å²) in [5.41, 5.74) is -2.05. The fraction of sp³-hybridized carbons (Fsp3) is 0.188. The summed E-state index contributed by atoms with van der Waals surface area (Å²) in [5.74, 6) is 1.93. The maximum atomic E-state index is 14.1. The molecular formula is C16H13ClF4N2O3. The van der Waals surface area contributed by atoms with Gasteiger partial charge in [0, 0.05) is 6.42 Å². The Labute approximate surface area is 150 Å². The number of carbonyl (C=O) groups is 1. The molecule has 0 aromatic heterocycles. The second kappa shape index (κ2) is 8.45. The van der Waals surface area contributed by atoms with E-state index in [2.05, 4.69) is 15.2 Å². The molecule has 0 fully saturated rings. The number of benzene rings is 2. The molecule has 0 heterocycles. The van der Waals surface area contributed by atoms with Gasteiger partial charge in [-0.05, 0) is 17.7 Å². The van der Waals surface area contributed by atoms with E-state index in [-0.39, 0.29) is 6.42 Å². The lowest BCUT2D eigenvalue weighted by Gasteiger charge is -2.19. The molecule has 0 spiro atoms. The van der Waals surface area contributed by atoms with Gasteiger partial charge in [-0.15, -0.1) is 4.99 Å². The zero-order valence-electron chi connectivity index (χ0n) is 13.0. The van der Waals surface area contributed by atoms with Crippen molar-refractivity contribution in [1.29, 1.82) is 0 Å². The summed E-state index contributed by atoms with van der Waals surface area (Å²) in [6, 6.07) is 9.75. The van der Waals surface area contributed by atoms with Crippen molar-refractivity contribution < 1.29 is 32.2 Å². The second-order valence-electron chi connectivity index (χ2n) is 5.13. The molecule has 2 aromatic carbocycles. The third-order valence-electron chi connectivity index (χ3n) is 3.36. The number of halogens is 5. The van der Waals surface area contributed by atoms with Gasteiger partial charge < -0.3 is 5.32 Å². The molecule has 2 aromatic rings. The number of hydrogen-bond acceptors (Lipinski definition) is 4. The summed E-state index contributed by atoms with van der Waals surface area (Å²) < 4.78 is 53.4. The molecule has 5 nitrogen and oxygen atoms in total. The predicted octanol–water partition coefficient (Wildman–Crippen LogP) is 3.62. The van der Waals surface area contributed by atoms with Crippen molar-refractivity contribution in [2.75, 3.05) is 0 Å². The van der Waals surface area contributed by atoms with Crippen molar-refractivity contribution in [2.24, 2.45) is 5.90 Å². The van der Waals surface area contributed by atoms with Gasteiger partial charge in [0.15, 0.2) is 12.0 Å². The van der Waals surface area contributed by atoms with Crippen LogP contribution in [-0.4, -0.2) is 12.1 Å². The van der Waals surface area contributed by atoms with E-state index < -0.39 is 40.3 Å². The van der Waals surface area contributed by atoms with Gasteiger partial charge >= 0.3 is 6.18 Å². The van der Waals surface area contributed by atoms with Crippen LogP contribution < -0.4 is 11.2 Å². The standard InChI is InChI=1S/C16H13ClF4N2O3/c17-11-7-6-10(16(19,20)21)13(14(11)18)15(24)23-12(25-26-22)8-9-4-2-1-3-5-9/h1-7,12H,8,22H2,(H,23,24)/t12-/m0/s1. The lowest BCUT2D eigenvalue weighted by molar-refractivity contribution is -0.332. The van der Waals surface area contributed by atoms with Crippen LogP contribution in [0.4, 0.5) is 17.6 Å². The Hall–Kier alpha value is -2.20. The molecule has 0 aliphatic rings. The van der Waals surface area contributed by atoms with Gasteiger partial charge in [0.25, 0.3) is 5.91 Å². The normalized spacial score (nSPS) is 12.7. The van der Waals surface area contributed by atoms with Crippen molar-refractivity contribution in [2.45, 2.75) is 18.8 Å². The van der Waals surface area contributed by atoms with Gasteiger partial charge in [-0.25, -0.2) is 4.39 Å². The van der Waals surface area contributed by atoms with Crippen molar-refractivity contribution in [3.8, 4) is 0 Å². The summed E-state index contributed by atoms with van der Waals surface area (Å²) in [6.45, 7) is 0. The van der Waals surface area contributed by atoms with Crippen LogP contribution in [-0.2, 0) is 22.5 Å². The number of nitrogens with two attached hydrogens (primary N) is 1. The first-order chi connectivity index (χ1) is 12.2. The Morgan fingerprint density at radius 2 is 1.85 bits per heavy atom. The Morgan fingerprint density at radius 1 is 1.19 bits per heavy atom. The lowest BCUT2D eigenvalue weighted by atomic mass is 10.0. The van der Waals surface area contributed by atoms with Crippen LogP contribution in [0, 0.1) is 5.82 Å². The largest absolute Gasteiger partial charge is 0.417 e. The van der Waals surface area contributed by atoms with E-state index in [4.69, 9.17) is 17.5 Å². The fourth-order valence-electron chi connectivity index (χ4n) is 2.23. The minimum atomic E-state index is -4.96. The van der Waals surface area contributed by atoms with Gasteiger partial charge in [-0.2, -0.15) is 24.0 Å². The lowest BCUT2D eigenvalue weighted by Crippen LogP contribution is -2.40. The summed E-state index contributed by atoms with van der Waals surface area (Å²) in [7, 11) is 0. The molecule has 0 aliphatic carbocycles. The molecule has 0 bridgehead atoms. The molecule has 140 valence electrons. The molecule has 2 rings (SSSR count). The van der Waals surface area contributed by atoms with E-state index in [0.717, 1.165) is 6.07 Å². The van der Waals surface area contributed by atoms with E-state index in [1.807, 2.05) is 0 Å². The van der Waals surface area contributed by atoms with Crippen molar-refractivity contribution in [3.05, 3.63) is 70.0 Å². The van der Waals surface area contributed by atoms with Gasteiger partial charge in [0.05, 0.1) is 16.1 Å². The van der Waals surface area contributed by atoms with Crippen LogP contribution in [0.2, 0.25) is 5.02 Å². The van der Waals surface area contributed by atoms with Crippen LogP contribution in [0.3, 0.4) is 0 Å². The number of amides is 1. The highest BCUT2D eigenvalue weighted by Gasteiger charge is 2.38. The monoisotopic (exact) mass is 392 g/mol. The summed E-state index contributed by atoms with van der Waals surface area (Å²) in [6.07, 6.45) is -6.22. The van der Waals surface area contributed by atoms with E-state index >= 15 is 0 Å². The predicted molar refractivity (Wildman–Crippen MR) is 84.2 cm³/mol. The third kappa shape index (κ3) is 4.92. The molecule has 1 amide bonds. The Bertz CT molecular complexity index is 772. The molecule has 0 saturated carbocycles. The molecule has 10 heteroatoms. The first-order valence-electron chi connectivity index (χ1n) is 7.16. The average molecular weight is 393 g/mol. The van der Waals surface area contributed by atoms with Crippen LogP contribution in [0.15, 0.2) is 42.5 Å². The van der Waals surface area contributed by atoms with Crippen molar-refractivity contribution >= 4 is 17.5 Å². The fourth-order valence-corrected chi connectivity index (χ4v) is 2.39. The zero-order valence-corrected chi connectivity index (χ0v) is 13.8. The summed E-state index contributed by atoms with van der Waals surface area (Å²) in [4.78, 5) is 20.9. The number of carbonyl (C=O) groups excluding carboxylic acids is 1. The third-order valence-corrected chi connectivity index (χ3v) is 3.65. The minimum Gasteiger partial charge on any atom is -0.324 e. The van der Waals surface area contributed by atoms with E-state index in [1.54, 1.807) is 30.3 Å². The SMILES string of the molecule is NOO[C@@H](Cc1ccccc1)NC(=O)c1c(C(F)(F)F)ccc(Cl)c1F. The van der Waals surface area contributed by atoms with Crippen LogP contribution in [0.25, 0.3) is 0 Å². The molecule has 0 radical (unpaired) electrons. The van der Waals surface area contributed by atoms with E-state index in [1.165, 1.54) is 0 Å².